The van der Waals surface area contributed by atoms with Crippen molar-refractivity contribution in [2.75, 3.05) is 25.0 Å². The first-order chi connectivity index (χ1) is 13.0. The van der Waals surface area contributed by atoms with Gasteiger partial charge in [0, 0.05) is 43.8 Å². The van der Waals surface area contributed by atoms with Crippen molar-refractivity contribution in [2.24, 2.45) is 13.0 Å². The van der Waals surface area contributed by atoms with Crippen molar-refractivity contribution in [3.8, 4) is 0 Å². The maximum absolute atomic E-state index is 13.0. The van der Waals surface area contributed by atoms with E-state index in [-0.39, 0.29) is 36.1 Å². The second-order valence-corrected chi connectivity index (χ2v) is 7.19. The number of anilines is 1. The zero-order valence-corrected chi connectivity index (χ0v) is 17.4. The second kappa shape index (κ2) is 9.91. The smallest absolute Gasteiger partial charge is 0.253 e. The first-order valence-corrected chi connectivity index (χ1v) is 9.45. The Balaban J connectivity index is 0.00000280. The standard InChI is InChI=1S/C19H24ClN5O2.ClH/c1-3-6-22-18(26)14-5-4-13(20)7-17(14)24-19(27)16-10-21-9-15(16)12-8-23-25(2)11-12;/h4-5,7-8,11,15-16,21H,3,6,9-10H2,1-2H3,(H,22,26)(H,24,27);1H/t15-,16+;/m1./s1. The molecule has 0 saturated carbocycles. The van der Waals surface area contributed by atoms with Gasteiger partial charge in [0.15, 0.2) is 0 Å². The summed E-state index contributed by atoms with van der Waals surface area (Å²) in [5.74, 6) is -0.576. The lowest BCUT2D eigenvalue weighted by atomic mass is 9.90. The average molecular weight is 426 g/mol. The number of aryl methyl sites for hydroxylation is 1. The van der Waals surface area contributed by atoms with Crippen LogP contribution in [0.25, 0.3) is 0 Å². The molecule has 2 amide bonds. The molecular weight excluding hydrogens is 401 g/mol. The Morgan fingerprint density at radius 2 is 2.14 bits per heavy atom. The maximum Gasteiger partial charge on any atom is 0.253 e. The van der Waals surface area contributed by atoms with E-state index < -0.39 is 0 Å². The van der Waals surface area contributed by atoms with E-state index >= 15 is 0 Å². The molecular formula is C19H25Cl2N5O2. The van der Waals surface area contributed by atoms with E-state index in [0.717, 1.165) is 12.0 Å². The lowest BCUT2D eigenvalue weighted by molar-refractivity contribution is -0.119. The van der Waals surface area contributed by atoms with E-state index in [1.807, 2.05) is 20.2 Å². The van der Waals surface area contributed by atoms with E-state index in [0.29, 0.717) is 35.9 Å². The summed E-state index contributed by atoms with van der Waals surface area (Å²) in [5, 5.41) is 13.7. The molecule has 1 aliphatic heterocycles. The predicted octanol–water partition coefficient (Wildman–Crippen LogP) is 2.58. The summed E-state index contributed by atoms with van der Waals surface area (Å²) in [4.78, 5) is 25.4. The average Bonchev–Trinajstić information content (AvgIpc) is 3.28. The van der Waals surface area contributed by atoms with E-state index in [1.54, 1.807) is 29.1 Å². The number of aromatic nitrogens is 2. The van der Waals surface area contributed by atoms with Crippen molar-refractivity contribution in [2.45, 2.75) is 19.3 Å². The minimum Gasteiger partial charge on any atom is -0.352 e. The molecule has 3 N–H and O–H groups in total. The van der Waals surface area contributed by atoms with Crippen molar-refractivity contribution in [1.82, 2.24) is 20.4 Å². The topological polar surface area (TPSA) is 88.1 Å². The van der Waals surface area contributed by atoms with E-state index in [2.05, 4.69) is 21.0 Å². The highest BCUT2D eigenvalue weighted by Gasteiger charge is 2.35. The Labute approximate surface area is 175 Å². The fourth-order valence-corrected chi connectivity index (χ4v) is 3.49. The van der Waals surface area contributed by atoms with Crippen LogP contribution in [0, 0.1) is 5.92 Å². The van der Waals surface area contributed by atoms with Crippen LogP contribution in [-0.4, -0.2) is 41.2 Å². The molecule has 28 heavy (non-hydrogen) atoms. The molecule has 0 spiro atoms. The van der Waals surface area contributed by atoms with Crippen LogP contribution in [0.2, 0.25) is 5.02 Å². The van der Waals surface area contributed by atoms with Crippen LogP contribution in [0.5, 0.6) is 0 Å². The summed E-state index contributed by atoms with van der Waals surface area (Å²) in [6.45, 7) is 3.84. The highest BCUT2D eigenvalue weighted by molar-refractivity contribution is 6.31. The summed E-state index contributed by atoms with van der Waals surface area (Å²) >= 11 is 6.09. The van der Waals surface area contributed by atoms with Crippen LogP contribution >= 0.6 is 24.0 Å². The van der Waals surface area contributed by atoms with E-state index in [9.17, 15) is 9.59 Å². The van der Waals surface area contributed by atoms with Crippen molar-refractivity contribution in [1.29, 1.82) is 0 Å². The first kappa shape index (κ1) is 22.2. The van der Waals surface area contributed by atoms with Crippen LogP contribution in [0.4, 0.5) is 5.69 Å². The molecule has 2 aromatic rings. The molecule has 1 fully saturated rings. The Kier molecular flexibility index (Phi) is 7.86. The fraction of sp³-hybridized carbons (Fsp3) is 0.421. The molecule has 0 bridgehead atoms. The molecule has 2 atom stereocenters. The normalized spacial score (nSPS) is 18.4. The molecule has 1 saturated heterocycles. The number of carbonyl (C=O) groups is 2. The van der Waals surface area contributed by atoms with Gasteiger partial charge in [0.1, 0.15) is 0 Å². The number of carbonyl (C=O) groups excluding carboxylic acids is 2. The zero-order chi connectivity index (χ0) is 19.4. The van der Waals surface area contributed by atoms with Gasteiger partial charge in [-0.15, -0.1) is 12.4 Å². The number of hydrogen-bond acceptors (Lipinski definition) is 4. The lowest BCUT2D eigenvalue weighted by Crippen LogP contribution is -2.30. The molecule has 9 heteroatoms. The number of nitrogens with zero attached hydrogens (tertiary/aromatic N) is 2. The number of benzene rings is 1. The highest BCUT2D eigenvalue weighted by atomic mass is 35.5. The van der Waals surface area contributed by atoms with Crippen LogP contribution in [-0.2, 0) is 11.8 Å². The number of halogens is 2. The van der Waals surface area contributed by atoms with E-state index in [4.69, 9.17) is 11.6 Å². The minimum atomic E-state index is -0.250. The summed E-state index contributed by atoms with van der Waals surface area (Å²) in [6, 6.07) is 4.89. The largest absolute Gasteiger partial charge is 0.352 e. The second-order valence-electron chi connectivity index (χ2n) is 6.75. The number of rotatable bonds is 6. The Hall–Kier alpha value is -2.09. The zero-order valence-electron chi connectivity index (χ0n) is 15.9. The van der Waals surface area contributed by atoms with Gasteiger partial charge < -0.3 is 16.0 Å². The lowest BCUT2D eigenvalue weighted by Gasteiger charge is -2.18. The van der Waals surface area contributed by atoms with Gasteiger partial charge in [-0.25, -0.2) is 0 Å². The summed E-state index contributed by atoms with van der Waals surface area (Å²) in [5.41, 5.74) is 1.86. The molecule has 0 radical (unpaired) electrons. The van der Waals surface area contributed by atoms with Crippen LogP contribution in [0.1, 0.15) is 35.2 Å². The first-order valence-electron chi connectivity index (χ1n) is 9.07. The molecule has 0 unspecified atom stereocenters. The molecule has 0 aliphatic carbocycles. The van der Waals surface area contributed by atoms with Crippen LogP contribution in [0.15, 0.2) is 30.6 Å². The maximum atomic E-state index is 13.0. The van der Waals surface area contributed by atoms with Gasteiger partial charge in [-0.05, 0) is 30.2 Å². The van der Waals surface area contributed by atoms with Gasteiger partial charge in [0.2, 0.25) is 5.91 Å². The number of hydrogen-bond donors (Lipinski definition) is 3. The van der Waals surface area contributed by atoms with Crippen molar-refractivity contribution >= 4 is 41.5 Å². The van der Waals surface area contributed by atoms with Crippen LogP contribution < -0.4 is 16.0 Å². The summed E-state index contributed by atoms with van der Waals surface area (Å²) in [6.07, 6.45) is 4.56. The third-order valence-electron chi connectivity index (χ3n) is 4.72. The van der Waals surface area contributed by atoms with Crippen molar-refractivity contribution < 1.29 is 9.59 Å². The van der Waals surface area contributed by atoms with Gasteiger partial charge in [-0.3, -0.25) is 14.3 Å². The molecule has 7 nitrogen and oxygen atoms in total. The third kappa shape index (κ3) is 5.04. The van der Waals surface area contributed by atoms with Gasteiger partial charge in [0.05, 0.1) is 23.4 Å². The summed E-state index contributed by atoms with van der Waals surface area (Å²) in [7, 11) is 1.86. The van der Waals surface area contributed by atoms with Crippen molar-refractivity contribution in [3.63, 3.8) is 0 Å². The van der Waals surface area contributed by atoms with Gasteiger partial charge in [0.25, 0.3) is 5.91 Å². The minimum absolute atomic E-state index is 0. The number of amides is 2. The Morgan fingerprint density at radius 3 is 2.82 bits per heavy atom. The molecule has 1 aromatic carbocycles. The van der Waals surface area contributed by atoms with Gasteiger partial charge in [-0.1, -0.05) is 18.5 Å². The number of nitrogens with one attached hydrogen (secondary N) is 3. The van der Waals surface area contributed by atoms with E-state index in [1.165, 1.54) is 0 Å². The molecule has 1 aromatic heterocycles. The van der Waals surface area contributed by atoms with Gasteiger partial charge in [-0.2, -0.15) is 5.10 Å². The molecule has 152 valence electrons. The Bertz CT molecular complexity index is 839. The third-order valence-corrected chi connectivity index (χ3v) is 4.96. The van der Waals surface area contributed by atoms with Crippen molar-refractivity contribution in [3.05, 3.63) is 46.7 Å². The molecule has 2 heterocycles. The summed E-state index contributed by atoms with van der Waals surface area (Å²) < 4.78 is 1.73. The quantitative estimate of drug-likeness (QED) is 0.663. The van der Waals surface area contributed by atoms with Crippen LogP contribution in [0.3, 0.4) is 0 Å². The highest BCUT2D eigenvalue weighted by Crippen LogP contribution is 2.30. The molecule has 3 rings (SSSR count). The Morgan fingerprint density at radius 1 is 1.36 bits per heavy atom. The predicted molar refractivity (Wildman–Crippen MR) is 112 cm³/mol. The fourth-order valence-electron chi connectivity index (χ4n) is 3.31. The van der Waals surface area contributed by atoms with Gasteiger partial charge >= 0.3 is 0 Å². The molecule has 1 aliphatic rings. The SMILES string of the molecule is CCCNC(=O)c1ccc(Cl)cc1NC(=O)[C@H]1CNC[C@@H]1c1cnn(C)c1.Cl. The monoisotopic (exact) mass is 425 g/mol.